The van der Waals surface area contributed by atoms with Gasteiger partial charge in [-0.3, -0.25) is 0 Å². The predicted octanol–water partition coefficient (Wildman–Crippen LogP) is 2.69. The minimum Gasteiger partial charge on any atom is -0.506 e. The average molecular weight is 284 g/mol. The third-order valence-corrected chi connectivity index (χ3v) is 4.76. The summed E-state index contributed by atoms with van der Waals surface area (Å²) in [6.45, 7) is 0.990. The summed E-state index contributed by atoms with van der Waals surface area (Å²) in [4.78, 5) is 0. The number of aliphatic hydroxyl groups is 1. The van der Waals surface area contributed by atoms with Crippen LogP contribution in [0.5, 0.6) is 5.75 Å². The number of hydrogen-bond acceptors (Lipinski definition) is 3. The number of likely N-dealkylation sites (N-methyl/N-ethyl adjacent to an activating group) is 1. The van der Waals surface area contributed by atoms with E-state index in [1.165, 1.54) is 0 Å². The van der Waals surface area contributed by atoms with E-state index in [1.54, 1.807) is 12.1 Å². The quantitative estimate of drug-likeness (QED) is 0.796. The summed E-state index contributed by atoms with van der Waals surface area (Å²) in [5.74, 6) is 0.353. The molecule has 0 heterocycles. The van der Waals surface area contributed by atoms with E-state index < -0.39 is 0 Å². The molecule has 1 aromatic rings. The largest absolute Gasteiger partial charge is 0.506 e. The smallest absolute Gasteiger partial charge is 0.134 e. The predicted molar refractivity (Wildman–Crippen MR) is 77.8 cm³/mol. The maximum absolute atomic E-state index is 9.86. The lowest BCUT2D eigenvalue weighted by Crippen LogP contribution is -2.46. The number of nitrogens with one attached hydrogen (secondary N) is 1. The van der Waals surface area contributed by atoms with Gasteiger partial charge in [0, 0.05) is 18.6 Å². The molecule has 0 aliphatic heterocycles. The van der Waals surface area contributed by atoms with Gasteiger partial charge in [-0.25, -0.2) is 0 Å². The molecule has 2 unspecified atom stereocenters. The topological polar surface area (TPSA) is 52.5 Å². The van der Waals surface area contributed by atoms with Gasteiger partial charge in [0.15, 0.2) is 0 Å². The summed E-state index contributed by atoms with van der Waals surface area (Å²) in [7, 11) is 1.93. The van der Waals surface area contributed by atoms with Crippen LogP contribution in [-0.2, 0) is 5.41 Å². The fourth-order valence-corrected chi connectivity index (χ4v) is 3.55. The number of benzene rings is 1. The molecule has 0 amide bonds. The molecular formula is C15H22ClNO2. The minimum atomic E-state index is -0.107. The van der Waals surface area contributed by atoms with Crippen molar-refractivity contribution in [1.82, 2.24) is 5.32 Å². The van der Waals surface area contributed by atoms with Gasteiger partial charge in [0.25, 0.3) is 0 Å². The van der Waals surface area contributed by atoms with Crippen molar-refractivity contribution in [3.8, 4) is 5.75 Å². The second-order valence-corrected chi connectivity index (χ2v) is 5.89. The van der Waals surface area contributed by atoms with Gasteiger partial charge < -0.3 is 15.5 Å². The molecule has 3 nitrogen and oxygen atoms in total. The molecule has 3 N–H and O–H groups in total. The van der Waals surface area contributed by atoms with Crippen molar-refractivity contribution in [2.24, 2.45) is 5.92 Å². The third kappa shape index (κ3) is 2.73. The second-order valence-electron chi connectivity index (χ2n) is 5.48. The Kier molecular flexibility index (Phi) is 4.71. The van der Waals surface area contributed by atoms with Gasteiger partial charge in [0.05, 0.1) is 5.02 Å². The highest BCUT2D eigenvalue weighted by atomic mass is 35.5. The Morgan fingerprint density at radius 3 is 2.84 bits per heavy atom. The number of aromatic hydroxyl groups is 1. The van der Waals surface area contributed by atoms with E-state index in [9.17, 15) is 10.2 Å². The van der Waals surface area contributed by atoms with E-state index in [-0.39, 0.29) is 23.7 Å². The molecule has 2 atom stereocenters. The first-order valence-electron chi connectivity index (χ1n) is 6.88. The van der Waals surface area contributed by atoms with Crippen LogP contribution < -0.4 is 5.32 Å². The maximum Gasteiger partial charge on any atom is 0.134 e. The van der Waals surface area contributed by atoms with Crippen LogP contribution in [0, 0.1) is 5.92 Å². The van der Waals surface area contributed by atoms with Crippen molar-refractivity contribution in [3.63, 3.8) is 0 Å². The van der Waals surface area contributed by atoms with E-state index in [1.807, 2.05) is 13.1 Å². The summed E-state index contributed by atoms with van der Waals surface area (Å²) >= 11 is 5.90. The first-order valence-corrected chi connectivity index (χ1v) is 7.26. The van der Waals surface area contributed by atoms with Crippen LogP contribution in [0.3, 0.4) is 0 Å². The molecule has 0 saturated heterocycles. The lowest BCUT2D eigenvalue weighted by molar-refractivity contribution is 0.104. The van der Waals surface area contributed by atoms with Gasteiger partial charge in [-0.05, 0) is 43.5 Å². The standard InChI is InChI=1S/C15H22ClNO2/c1-17-10-15(7-3-2-4-12(15)9-18)11-5-6-13(16)14(19)8-11/h5-6,8,12,17-19H,2-4,7,9-10H2,1H3. The van der Waals surface area contributed by atoms with Crippen molar-refractivity contribution < 1.29 is 10.2 Å². The molecule has 0 bridgehead atoms. The average Bonchev–Trinajstić information content (AvgIpc) is 2.42. The molecule has 106 valence electrons. The summed E-state index contributed by atoms with van der Waals surface area (Å²) in [5, 5.41) is 23.2. The van der Waals surface area contributed by atoms with Crippen LogP contribution in [-0.4, -0.2) is 30.4 Å². The highest BCUT2D eigenvalue weighted by Gasteiger charge is 2.41. The number of phenols is 1. The molecule has 1 aliphatic rings. The highest BCUT2D eigenvalue weighted by Crippen LogP contribution is 2.44. The van der Waals surface area contributed by atoms with Crippen LogP contribution >= 0.6 is 11.6 Å². The summed E-state index contributed by atoms with van der Waals surface area (Å²) in [6, 6.07) is 5.48. The van der Waals surface area contributed by atoms with E-state index in [4.69, 9.17) is 11.6 Å². The normalized spacial score (nSPS) is 27.4. The van der Waals surface area contributed by atoms with Crippen LogP contribution in [0.2, 0.25) is 5.02 Å². The number of rotatable bonds is 4. The Labute approximate surface area is 119 Å². The van der Waals surface area contributed by atoms with Crippen molar-refractivity contribution in [2.45, 2.75) is 31.1 Å². The van der Waals surface area contributed by atoms with Gasteiger partial charge in [0.2, 0.25) is 0 Å². The number of halogens is 1. The molecule has 19 heavy (non-hydrogen) atoms. The summed E-state index contributed by atoms with van der Waals surface area (Å²) < 4.78 is 0. The number of phenolic OH excluding ortho intramolecular Hbond substituents is 1. The zero-order valence-corrected chi connectivity index (χ0v) is 12.1. The Morgan fingerprint density at radius 1 is 1.42 bits per heavy atom. The van der Waals surface area contributed by atoms with E-state index in [2.05, 4.69) is 5.32 Å². The van der Waals surface area contributed by atoms with Crippen LogP contribution in [0.4, 0.5) is 0 Å². The minimum absolute atomic E-state index is 0.107. The maximum atomic E-state index is 9.86. The molecule has 1 aliphatic carbocycles. The second kappa shape index (κ2) is 6.12. The van der Waals surface area contributed by atoms with Crippen LogP contribution in [0.1, 0.15) is 31.2 Å². The summed E-state index contributed by atoms with van der Waals surface area (Å²) in [6.07, 6.45) is 4.37. The molecule has 0 spiro atoms. The Balaban J connectivity index is 2.44. The summed E-state index contributed by atoms with van der Waals surface area (Å²) in [5.41, 5.74) is 0.964. The zero-order valence-electron chi connectivity index (χ0n) is 11.3. The molecule has 4 heteroatoms. The van der Waals surface area contributed by atoms with Gasteiger partial charge in [-0.15, -0.1) is 0 Å². The van der Waals surface area contributed by atoms with Gasteiger partial charge in [-0.2, -0.15) is 0 Å². The first kappa shape index (κ1) is 14.6. The molecule has 1 aromatic carbocycles. The van der Waals surface area contributed by atoms with Crippen molar-refractivity contribution in [3.05, 3.63) is 28.8 Å². The highest BCUT2D eigenvalue weighted by molar-refractivity contribution is 6.32. The third-order valence-electron chi connectivity index (χ3n) is 4.44. The fraction of sp³-hybridized carbons (Fsp3) is 0.600. The first-order chi connectivity index (χ1) is 9.14. The SMILES string of the molecule is CNCC1(c2ccc(Cl)c(O)c2)CCCCC1CO. The van der Waals surface area contributed by atoms with E-state index in [0.29, 0.717) is 5.02 Å². The van der Waals surface area contributed by atoms with Crippen LogP contribution in [0.15, 0.2) is 18.2 Å². The molecular weight excluding hydrogens is 262 g/mol. The fourth-order valence-electron chi connectivity index (χ4n) is 3.43. The lowest BCUT2D eigenvalue weighted by atomic mass is 9.62. The van der Waals surface area contributed by atoms with E-state index in [0.717, 1.165) is 37.8 Å². The zero-order chi connectivity index (χ0) is 13.9. The molecule has 0 aromatic heterocycles. The Hall–Kier alpha value is -0.770. The Morgan fingerprint density at radius 2 is 2.21 bits per heavy atom. The van der Waals surface area contributed by atoms with Crippen molar-refractivity contribution in [1.29, 1.82) is 0 Å². The van der Waals surface area contributed by atoms with Crippen molar-refractivity contribution >= 4 is 11.6 Å². The molecule has 2 rings (SSSR count). The van der Waals surface area contributed by atoms with Gasteiger partial charge in [0.1, 0.15) is 5.75 Å². The molecule has 0 radical (unpaired) electrons. The van der Waals surface area contributed by atoms with Crippen molar-refractivity contribution in [2.75, 3.05) is 20.2 Å². The number of hydrogen-bond donors (Lipinski definition) is 3. The van der Waals surface area contributed by atoms with Gasteiger partial charge >= 0.3 is 0 Å². The molecule has 1 saturated carbocycles. The monoisotopic (exact) mass is 283 g/mol. The van der Waals surface area contributed by atoms with Gasteiger partial charge in [-0.1, -0.05) is 30.5 Å². The van der Waals surface area contributed by atoms with Crippen LogP contribution in [0.25, 0.3) is 0 Å². The van der Waals surface area contributed by atoms with E-state index >= 15 is 0 Å². The lowest BCUT2D eigenvalue weighted by Gasteiger charge is -2.44. The molecule has 1 fully saturated rings. The Bertz CT molecular complexity index is 434. The number of aliphatic hydroxyl groups excluding tert-OH is 1.